The fraction of sp³-hybridized carbons (Fsp3) is 0.917. The van der Waals surface area contributed by atoms with Gasteiger partial charge in [-0.3, -0.25) is 4.79 Å². The molecule has 1 aliphatic rings. The highest BCUT2D eigenvalue weighted by molar-refractivity contribution is 5.70. The zero-order valence-electron chi connectivity index (χ0n) is 10.2. The van der Waals surface area contributed by atoms with Crippen molar-refractivity contribution in [2.75, 3.05) is 0 Å². The van der Waals surface area contributed by atoms with E-state index < -0.39 is 11.9 Å². The molecule has 1 saturated heterocycles. The molecular formula is C12H22O4. The Morgan fingerprint density at radius 1 is 1.38 bits per heavy atom. The van der Waals surface area contributed by atoms with Crippen molar-refractivity contribution in [1.29, 1.82) is 0 Å². The van der Waals surface area contributed by atoms with Crippen molar-refractivity contribution in [3.05, 3.63) is 0 Å². The topological polar surface area (TPSA) is 66.8 Å². The lowest BCUT2D eigenvalue weighted by atomic mass is 9.94. The van der Waals surface area contributed by atoms with E-state index in [-0.39, 0.29) is 24.2 Å². The molecule has 2 N–H and O–H groups in total. The zero-order valence-corrected chi connectivity index (χ0v) is 10.2. The second-order valence-electron chi connectivity index (χ2n) is 4.75. The number of ether oxygens (including phenoxy) is 1. The summed E-state index contributed by atoms with van der Waals surface area (Å²) in [6.45, 7) is 5.58. The minimum atomic E-state index is -0.811. The molecule has 4 heteroatoms. The van der Waals surface area contributed by atoms with Crippen LogP contribution in [0, 0.1) is 11.8 Å². The molecule has 1 fully saturated rings. The van der Waals surface area contributed by atoms with E-state index >= 15 is 0 Å². The Labute approximate surface area is 96.6 Å². The standard InChI is InChI=1S/C12H22O4/c1-4-9(13)7(2)10-5-6-11(16-10)8(3)12(14)15/h7-11,13H,4-6H2,1-3H3,(H,14,15). The molecule has 0 aromatic rings. The summed E-state index contributed by atoms with van der Waals surface area (Å²) < 4.78 is 5.73. The normalized spacial score (nSPS) is 31.0. The van der Waals surface area contributed by atoms with Gasteiger partial charge in [0.15, 0.2) is 0 Å². The molecule has 1 aliphatic heterocycles. The van der Waals surface area contributed by atoms with E-state index in [1.54, 1.807) is 6.92 Å². The summed E-state index contributed by atoms with van der Waals surface area (Å²) in [4.78, 5) is 10.8. The van der Waals surface area contributed by atoms with Gasteiger partial charge in [-0.05, 0) is 26.2 Å². The van der Waals surface area contributed by atoms with Gasteiger partial charge in [0.25, 0.3) is 0 Å². The lowest BCUT2D eigenvalue weighted by Crippen LogP contribution is -2.31. The van der Waals surface area contributed by atoms with Crippen LogP contribution in [0.2, 0.25) is 0 Å². The van der Waals surface area contributed by atoms with Gasteiger partial charge in [0.1, 0.15) is 0 Å². The monoisotopic (exact) mass is 230 g/mol. The van der Waals surface area contributed by atoms with Crippen molar-refractivity contribution >= 4 is 5.97 Å². The fourth-order valence-electron chi connectivity index (χ4n) is 2.22. The van der Waals surface area contributed by atoms with Crippen LogP contribution in [0.4, 0.5) is 0 Å². The third-order valence-corrected chi connectivity index (χ3v) is 3.64. The molecule has 0 aromatic carbocycles. The SMILES string of the molecule is CCC(O)C(C)C1CCC(C(C)C(=O)O)O1. The van der Waals surface area contributed by atoms with Crippen LogP contribution < -0.4 is 0 Å². The molecule has 5 unspecified atom stereocenters. The molecule has 0 aromatic heterocycles. The van der Waals surface area contributed by atoms with E-state index in [1.165, 1.54) is 0 Å². The molecule has 16 heavy (non-hydrogen) atoms. The van der Waals surface area contributed by atoms with Gasteiger partial charge in [-0.25, -0.2) is 0 Å². The number of rotatable bonds is 5. The first-order valence-corrected chi connectivity index (χ1v) is 6.03. The molecule has 0 saturated carbocycles. The van der Waals surface area contributed by atoms with Crippen molar-refractivity contribution in [2.45, 2.75) is 58.3 Å². The quantitative estimate of drug-likeness (QED) is 0.753. The highest BCUT2D eigenvalue weighted by Gasteiger charge is 2.36. The van der Waals surface area contributed by atoms with Crippen LogP contribution in [0.3, 0.4) is 0 Å². The minimum Gasteiger partial charge on any atom is -0.481 e. The zero-order chi connectivity index (χ0) is 12.3. The Bertz CT molecular complexity index is 241. The maximum atomic E-state index is 10.8. The van der Waals surface area contributed by atoms with E-state index in [0.29, 0.717) is 6.42 Å². The Balaban J connectivity index is 2.49. The number of carbonyl (C=O) groups is 1. The van der Waals surface area contributed by atoms with Crippen molar-refractivity contribution in [3.63, 3.8) is 0 Å². The summed E-state index contributed by atoms with van der Waals surface area (Å²) in [5.41, 5.74) is 0. The van der Waals surface area contributed by atoms with Gasteiger partial charge in [-0.2, -0.15) is 0 Å². The van der Waals surface area contributed by atoms with Crippen LogP contribution in [-0.2, 0) is 9.53 Å². The second kappa shape index (κ2) is 5.64. The van der Waals surface area contributed by atoms with E-state index in [4.69, 9.17) is 9.84 Å². The largest absolute Gasteiger partial charge is 0.481 e. The van der Waals surface area contributed by atoms with Gasteiger partial charge >= 0.3 is 5.97 Å². The third kappa shape index (κ3) is 2.95. The van der Waals surface area contributed by atoms with Crippen LogP contribution >= 0.6 is 0 Å². The third-order valence-electron chi connectivity index (χ3n) is 3.64. The van der Waals surface area contributed by atoms with Gasteiger partial charge in [-0.1, -0.05) is 13.8 Å². The molecule has 4 nitrogen and oxygen atoms in total. The summed E-state index contributed by atoms with van der Waals surface area (Å²) in [6.07, 6.45) is 1.78. The van der Waals surface area contributed by atoms with E-state index in [1.807, 2.05) is 13.8 Å². The lowest BCUT2D eigenvalue weighted by molar-refractivity contribution is -0.147. The maximum absolute atomic E-state index is 10.8. The van der Waals surface area contributed by atoms with Gasteiger partial charge < -0.3 is 14.9 Å². The lowest BCUT2D eigenvalue weighted by Gasteiger charge is -2.25. The smallest absolute Gasteiger partial charge is 0.308 e. The Morgan fingerprint density at radius 3 is 2.44 bits per heavy atom. The number of carboxylic acid groups (broad SMARTS) is 1. The number of aliphatic hydroxyl groups excluding tert-OH is 1. The van der Waals surface area contributed by atoms with Crippen LogP contribution in [0.25, 0.3) is 0 Å². The number of aliphatic hydroxyl groups is 1. The summed E-state index contributed by atoms with van der Waals surface area (Å²) >= 11 is 0. The summed E-state index contributed by atoms with van der Waals surface area (Å²) in [5, 5.41) is 18.6. The highest BCUT2D eigenvalue weighted by atomic mass is 16.5. The van der Waals surface area contributed by atoms with Crippen LogP contribution in [0.1, 0.15) is 40.0 Å². The molecule has 1 rings (SSSR count). The number of hydrogen-bond donors (Lipinski definition) is 2. The molecule has 0 amide bonds. The van der Waals surface area contributed by atoms with Gasteiger partial charge in [0, 0.05) is 5.92 Å². The highest BCUT2D eigenvalue weighted by Crippen LogP contribution is 2.31. The predicted molar refractivity (Wildman–Crippen MR) is 60.2 cm³/mol. The van der Waals surface area contributed by atoms with Gasteiger partial charge in [-0.15, -0.1) is 0 Å². The summed E-state index contributed by atoms with van der Waals surface area (Å²) in [5.74, 6) is -1.19. The average Bonchev–Trinajstić information content (AvgIpc) is 2.74. The Kier molecular flexibility index (Phi) is 4.74. The van der Waals surface area contributed by atoms with E-state index in [9.17, 15) is 9.90 Å². The first-order chi connectivity index (χ1) is 7.47. The van der Waals surface area contributed by atoms with E-state index in [2.05, 4.69) is 0 Å². The van der Waals surface area contributed by atoms with Crippen molar-refractivity contribution in [3.8, 4) is 0 Å². The summed E-state index contributed by atoms with van der Waals surface area (Å²) in [7, 11) is 0. The van der Waals surface area contributed by atoms with Crippen molar-refractivity contribution in [1.82, 2.24) is 0 Å². The van der Waals surface area contributed by atoms with Crippen LogP contribution in [0.15, 0.2) is 0 Å². The van der Waals surface area contributed by atoms with Crippen molar-refractivity contribution < 1.29 is 19.7 Å². The first kappa shape index (κ1) is 13.5. The average molecular weight is 230 g/mol. The molecule has 0 aliphatic carbocycles. The fourth-order valence-corrected chi connectivity index (χ4v) is 2.22. The summed E-state index contributed by atoms with van der Waals surface area (Å²) in [6, 6.07) is 0. The van der Waals surface area contributed by atoms with Crippen molar-refractivity contribution in [2.24, 2.45) is 11.8 Å². The Hall–Kier alpha value is -0.610. The molecular weight excluding hydrogens is 208 g/mol. The van der Waals surface area contributed by atoms with Gasteiger partial charge in [0.2, 0.25) is 0 Å². The Morgan fingerprint density at radius 2 is 1.94 bits per heavy atom. The maximum Gasteiger partial charge on any atom is 0.308 e. The first-order valence-electron chi connectivity index (χ1n) is 6.03. The molecule has 0 bridgehead atoms. The number of carboxylic acids is 1. The molecule has 0 radical (unpaired) electrons. The second-order valence-corrected chi connectivity index (χ2v) is 4.75. The van der Waals surface area contributed by atoms with Crippen LogP contribution in [0.5, 0.6) is 0 Å². The number of hydrogen-bond acceptors (Lipinski definition) is 3. The minimum absolute atomic E-state index is 0.00162. The molecule has 0 spiro atoms. The van der Waals surface area contributed by atoms with E-state index in [0.717, 1.165) is 12.8 Å². The molecule has 1 heterocycles. The molecule has 94 valence electrons. The van der Waals surface area contributed by atoms with Gasteiger partial charge in [0.05, 0.1) is 24.2 Å². The molecule has 5 atom stereocenters. The number of aliphatic carboxylic acids is 1. The van der Waals surface area contributed by atoms with Crippen LogP contribution in [-0.4, -0.2) is 34.5 Å². The predicted octanol–water partition coefficient (Wildman–Crippen LogP) is 1.66.